The van der Waals surface area contributed by atoms with Crippen LogP contribution in [0.3, 0.4) is 0 Å². The SMILES string of the molecule is O=C1CN([C@H]2CN(Cc3ccc(-c4ccccc4)s3)C[C@@H]2O)CCN1. The van der Waals surface area contributed by atoms with E-state index in [0.717, 1.165) is 19.6 Å². The third-order valence-corrected chi connectivity index (χ3v) is 6.09. The second kappa shape index (κ2) is 7.25. The minimum Gasteiger partial charge on any atom is -0.390 e. The maximum Gasteiger partial charge on any atom is 0.234 e. The second-order valence-electron chi connectivity index (χ2n) is 6.78. The standard InChI is InChI=1S/C19H23N3O2S/c23-17-12-21(11-16(17)22-9-8-20-19(24)13-22)10-15-6-7-18(25-15)14-4-2-1-3-5-14/h1-7,16-17,23H,8-13H2,(H,20,24)/t16-,17-/m0/s1. The van der Waals surface area contributed by atoms with Crippen LogP contribution in [-0.4, -0.2) is 65.7 Å². The first-order chi connectivity index (χ1) is 12.2. The van der Waals surface area contributed by atoms with Crippen LogP contribution in [0.2, 0.25) is 0 Å². The highest BCUT2D eigenvalue weighted by Gasteiger charge is 2.37. The molecule has 4 rings (SSSR count). The van der Waals surface area contributed by atoms with Crippen molar-refractivity contribution in [2.45, 2.75) is 18.7 Å². The predicted molar refractivity (Wildman–Crippen MR) is 99.4 cm³/mol. The Kier molecular flexibility index (Phi) is 4.85. The molecule has 25 heavy (non-hydrogen) atoms. The summed E-state index contributed by atoms with van der Waals surface area (Å²) in [6, 6.07) is 14.8. The van der Waals surface area contributed by atoms with Crippen LogP contribution in [0.25, 0.3) is 10.4 Å². The fraction of sp³-hybridized carbons (Fsp3) is 0.421. The Balaban J connectivity index is 1.39. The van der Waals surface area contributed by atoms with Gasteiger partial charge in [-0.05, 0) is 17.7 Å². The van der Waals surface area contributed by atoms with Crippen LogP contribution in [0, 0.1) is 0 Å². The number of amides is 1. The van der Waals surface area contributed by atoms with Gasteiger partial charge in [0.05, 0.1) is 18.7 Å². The summed E-state index contributed by atoms with van der Waals surface area (Å²) in [7, 11) is 0. The van der Waals surface area contributed by atoms with Crippen molar-refractivity contribution in [3.63, 3.8) is 0 Å². The molecule has 0 radical (unpaired) electrons. The molecule has 3 heterocycles. The van der Waals surface area contributed by atoms with Gasteiger partial charge >= 0.3 is 0 Å². The molecule has 6 heteroatoms. The van der Waals surface area contributed by atoms with Crippen LogP contribution in [0.5, 0.6) is 0 Å². The molecule has 2 saturated heterocycles. The van der Waals surface area contributed by atoms with Gasteiger partial charge in [0.2, 0.25) is 5.91 Å². The Morgan fingerprint density at radius 3 is 2.80 bits per heavy atom. The van der Waals surface area contributed by atoms with E-state index in [2.05, 4.69) is 51.5 Å². The summed E-state index contributed by atoms with van der Waals surface area (Å²) in [5.74, 6) is 0.0580. The van der Waals surface area contributed by atoms with Crippen molar-refractivity contribution in [2.75, 3.05) is 32.7 Å². The fourth-order valence-electron chi connectivity index (χ4n) is 3.72. The van der Waals surface area contributed by atoms with Gasteiger partial charge in [0, 0.05) is 42.5 Å². The summed E-state index contributed by atoms with van der Waals surface area (Å²) in [5.41, 5.74) is 1.25. The number of carbonyl (C=O) groups excluding carboxylic acids is 1. The molecule has 2 aliphatic rings. The van der Waals surface area contributed by atoms with E-state index in [1.165, 1.54) is 15.3 Å². The Morgan fingerprint density at radius 2 is 2.00 bits per heavy atom. The average molecular weight is 357 g/mol. The first-order valence-electron chi connectivity index (χ1n) is 8.74. The van der Waals surface area contributed by atoms with Crippen LogP contribution >= 0.6 is 11.3 Å². The molecule has 2 N–H and O–H groups in total. The van der Waals surface area contributed by atoms with Crippen molar-refractivity contribution < 1.29 is 9.90 Å². The zero-order chi connectivity index (χ0) is 17.2. The molecule has 2 atom stereocenters. The van der Waals surface area contributed by atoms with Crippen molar-refractivity contribution in [3.8, 4) is 10.4 Å². The first-order valence-corrected chi connectivity index (χ1v) is 9.56. The van der Waals surface area contributed by atoms with E-state index in [0.29, 0.717) is 19.6 Å². The summed E-state index contributed by atoms with van der Waals surface area (Å²) in [6.07, 6.45) is -0.389. The number of carbonyl (C=O) groups is 1. The number of aliphatic hydroxyl groups excluding tert-OH is 1. The molecular weight excluding hydrogens is 334 g/mol. The lowest BCUT2D eigenvalue weighted by atomic mass is 10.1. The highest BCUT2D eigenvalue weighted by molar-refractivity contribution is 7.15. The number of aliphatic hydroxyl groups is 1. The highest BCUT2D eigenvalue weighted by atomic mass is 32.1. The molecule has 0 spiro atoms. The van der Waals surface area contributed by atoms with Gasteiger partial charge in [-0.2, -0.15) is 0 Å². The Morgan fingerprint density at radius 1 is 1.16 bits per heavy atom. The van der Waals surface area contributed by atoms with Crippen molar-refractivity contribution in [1.29, 1.82) is 0 Å². The highest BCUT2D eigenvalue weighted by Crippen LogP contribution is 2.29. The fourth-order valence-corrected chi connectivity index (χ4v) is 4.77. The summed E-state index contributed by atoms with van der Waals surface area (Å²) in [4.78, 5) is 18.6. The number of likely N-dealkylation sites (tertiary alicyclic amines) is 1. The van der Waals surface area contributed by atoms with Gasteiger partial charge in [0.15, 0.2) is 0 Å². The van der Waals surface area contributed by atoms with Gasteiger partial charge in [0.1, 0.15) is 0 Å². The second-order valence-corrected chi connectivity index (χ2v) is 7.95. The number of hydrogen-bond acceptors (Lipinski definition) is 5. The van der Waals surface area contributed by atoms with E-state index in [4.69, 9.17) is 0 Å². The van der Waals surface area contributed by atoms with Gasteiger partial charge in [-0.1, -0.05) is 30.3 Å². The number of rotatable bonds is 4. The maximum absolute atomic E-state index is 11.6. The van der Waals surface area contributed by atoms with Gasteiger partial charge < -0.3 is 10.4 Å². The molecule has 2 aliphatic heterocycles. The minimum atomic E-state index is -0.389. The lowest BCUT2D eigenvalue weighted by molar-refractivity contribution is -0.125. The molecule has 5 nitrogen and oxygen atoms in total. The van der Waals surface area contributed by atoms with E-state index in [1.54, 1.807) is 0 Å². The Bertz CT molecular complexity index is 733. The largest absolute Gasteiger partial charge is 0.390 e. The smallest absolute Gasteiger partial charge is 0.234 e. The topological polar surface area (TPSA) is 55.8 Å². The molecule has 2 aromatic rings. The number of nitrogens with zero attached hydrogens (tertiary/aromatic N) is 2. The number of nitrogens with one attached hydrogen (secondary N) is 1. The maximum atomic E-state index is 11.6. The molecule has 0 unspecified atom stereocenters. The number of benzene rings is 1. The van der Waals surface area contributed by atoms with E-state index in [9.17, 15) is 9.90 Å². The molecule has 1 aromatic carbocycles. The van der Waals surface area contributed by atoms with E-state index < -0.39 is 0 Å². The van der Waals surface area contributed by atoms with Crippen molar-refractivity contribution in [1.82, 2.24) is 15.1 Å². The van der Waals surface area contributed by atoms with Crippen LogP contribution in [-0.2, 0) is 11.3 Å². The van der Waals surface area contributed by atoms with Crippen LogP contribution in [0.4, 0.5) is 0 Å². The first kappa shape index (κ1) is 16.7. The van der Waals surface area contributed by atoms with Crippen LogP contribution in [0.15, 0.2) is 42.5 Å². The molecule has 0 aliphatic carbocycles. The van der Waals surface area contributed by atoms with Gasteiger partial charge in [-0.25, -0.2) is 0 Å². The van der Waals surface area contributed by atoms with Gasteiger partial charge in [0.25, 0.3) is 0 Å². The normalized spacial score (nSPS) is 25.2. The summed E-state index contributed by atoms with van der Waals surface area (Å²) < 4.78 is 0. The molecule has 2 fully saturated rings. The summed E-state index contributed by atoms with van der Waals surface area (Å²) >= 11 is 1.81. The summed E-state index contributed by atoms with van der Waals surface area (Å²) in [5, 5.41) is 13.3. The number of β-amino-alcohol motifs (C(OH)–C–C–N with tert-alkyl or cyclic N) is 1. The monoisotopic (exact) mass is 357 g/mol. The van der Waals surface area contributed by atoms with Crippen LogP contribution in [0.1, 0.15) is 4.88 Å². The van der Waals surface area contributed by atoms with E-state index in [1.807, 2.05) is 17.4 Å². The minimum absolute atomic E-state index is 0.0552. The third kappa shape index (κ3) is 3.77. The molecule has 132 valence electrons. The van der Waals surface area contributed by atoms with Crippen molar-refractivity contribution in [3.05, 3.63) is 47.3 Å². The Hall–Kier alpha value is -1.73. The van der Waals surface area contributed by atoms with E-state index in [-0.39, 0.29) is 18.1 Å². The molecule has 1 amide bonds. The zero-order valence-electron chi connectivity index (χ0n) is 14.1. The number of hydrogen-bond donors (Lipinski definition) is 2. The predicted octanol–water partition coefficient (Wildman–Crippen LogP) is 1.39. The molecule has 0 bridgehead atoms. The zero-order valence-corrected chi connectivity index (χ0v) is 14.9. The van der Waals surface area contributed by atoms with Crippen molar-refractivity contribution >= 4 is 17.2 Å². The average Bonchev–Trinajstić information content (AvgIpc) is 3.23. The van der Waals surface area contributed by atoms with Crippen LogP contribution < -0.4 is 5.32 Å². The lowest BCUT2D eigenvalue weighted by Crippen LogP contribution is -2.54. The number of thiophene rings is 1. The lowest BCUT2D eigenvalue weighted by Gasteiger charge is -2.33. The molecule has 0 saturated carbocycles. The third-order valence-electron chi connectivity index (χ3n) is 4.97. The molecular formula is C19H23N3O2S. The summed E-state index contributed by atoms with van der Waals surface area (Å²) in [6.45, 7) is 4.22. The van der Waals surface area contributed by atoms with Gasteiger partial charge in [-0.3, -0.25) is 14.6 Å². The van der Waals surface area contributed by atoms with E-state index >= 15 is 0 Å². The van der Waals surface area contributed by atoms with Crippen molar-refractivity contribution in [2.24, 2.45) is 0 Å². The van der Waals surface area contributed by atoms with Gasteiger partial charge in [-0.15, -0.1) is 11.3 Å². The Labute approximate surface area is 151 Å². The number of piperazine rings is 1. The quantitative estimate of drug-likeness (QED) is 0.868. The molecule has 1 aromatic heterocycles.